The lowest BCUT2D eigenvalue weighted by Crippen LogP contribution is -2.25. The first-order valence-corrected chi connectivity index (χ1v) is 9.25. The Morgan fingerprint density at radius 3 is 2.54 bits per heavy atom. The summed E-state index contributed by atoms with van der Waals surface area (Å²) in [7, 11) is 0. The highest BCUT2D eigenvalue weighted by molar-refractivity contribution is 6.31. The predicted molar refractivity (Wildman–Crippen MR) is 108 cm³/mol. The molecule has 7 heteroatoms. The molecule has 144 valence electrons. The van der Waals surface area contributed by atoms with Gasteiger partial charge in [-0.2, -0.15) is 0 Å². The van der Waals surface area contributed by atoms with Crippen molar-refractivity contribution >= 4 is 23.5 Å². The van der Waals surface area contributed by atoms with Crippen LogP contribution in [0.1, 0.15) is 27.3 Å². The normalized spacial score (nSPS) is 10.5. The van der Waals surface area contributed by atoms with E-state index in [1.165, 1.54) is 6.07 Å². The van der Waals surface area contributed by atoms with Crippen LogP contribution >= 0.6 is 11.6 Å². The number of nitrogens with one attached hydrogen (secondary N) is 2. The number of carbonyl (C=O) groups excluding carboxylic acids is 1. The van der Waals surface area contributed by atoms with Gasteiger partial charge in [0.05, 0.1) is 0 Å². The number of amides is 1. The van der Waals surface area contributed by atoms with Crippen LogP contribution in [0.4, 0.5) is 10.3 Å². The average molecular weight is 399 g/mol. The Morgan fingerprint density at radius 2 is 1.79 bits per heavy atom. The second-order valence-corrected chi connectivity index (χ2v) is 6.67. The third-order valence-electron chi connectivity index (χ3n) is 4.12. The van der Waals surface area contributed by atoms with Crippen molar-refractivity contribution in [3.05, 3.63) is 88.0 Å². The van der Waals surface area contributed by atoms with E-state index in [2.05, 4.69) is 20.6 Å². The van der Waals surface area contributed by atoms with Crippen LogP contribution in [0.5, 0.6) is 0 Å². The molecule has 0 atom stereocenters. The molecule has 0 spiro atoms. The summed E-state index contributed by atoms with van der Waals surface area (Å²) in [6.45, 7) is 2.54. The molecule has 0 aliphatic rings. The largest absolute Gasteiger partial charge is 0.354 e. The number of rotatable bonds is 7. The molecule has 1 aromatic heterocycles. The first kappa shape index (κ1) is 19.8. The zero-order valence-electron chi connectivity index (χ0n) is 15.4. The smallest absolute Gasteiger partial charge is 0.270 e. The van der Waals surface area contributed by atoms with E-state index in [9.17, 15) is 9.18 Å². The summed E-state index contributed by atoms with van der Waals surface area (Å²) in [4.78, 5) is 21.0. The fraction of sp³-hybridized carbons (Fsp3) is 0.190. The van der Waals surface area contributed by atoms with Gasteiger partial charge in [-0.3, -0.25) is 4.79 Å². The lowest BCUT2D eigenvalue weighted by molar-refractivity contribution is 0.0945. The van der Waals surface area contributed by atoms with Crippen LogP contribution in [0.3, 0.4) is 0 Å². The number of anilines is 1. The summed E-state index contributed by atoms with van der Waals surface area (Å²) < 4.78 is 13.7. The fourth-order valence-electron chi connectivity index (χ4n) is 2.68. The van der Waals surface area contributed by atoms with E-state index in [1.54, 1.807) is 37.3 Å². The molecular weight excluding hydrogens is 379 g/mol. The maximum atomic E-state index is 13.7. The Kier molecular flexibility index (Phi) is 6.55. The van der Waals surface area contributed by atoms with Gasteiger partial charge in [0.25, 0.3) is 5.91 Å². The molecule has 1 heterocycles. The first-order valence-electron chi connectivity index (χ1n) is 8.87. The van der Waals surface area contributed by atoms with Gasteiger partial charge in [0.15, 0.2) is 0 Å². The molecule has 0 fully saturated rings. The van der Waals surface area contributed by atoms with Gasteiger partial charge >= 0.3 is 0 Å². The topological polar surface area (TPSA) is 66.9 Å². The Labute approximate surface area is 168 Å². The SMILES string of the molecule is Cc1cc(C(=O)NCc2ccccc2Cl)nc(NCCc2ccccc2F)n1. The molecule has 2 N–H and O–H groups in total. The molecule has 0 bridgehead atoms. The van der Waals surface area contributed by atoms with Crippen LogP contribution in [0.15, 0.2) is 54.6 Å². The van der Waals surface area contributed by atoms with Crippen LogP contribution in [-0.4, -0.2) is 22.4 Å². The molecule has 3 aromatic rings. The second kappa shape index (κ2) is 9.28. The number of carbonyl (C=O) groups is 1. The highest BCUT2D eigenvalue weighted by Gasteiger charge is 2.11. The summed E-state index contributed by atoms with van der Waals surface area (Å²) >= 11 is 6.11. The third-order valence-corrected chi connectivity index (χ3v) is 4.49. The number of nitrogens with zero attached hydrogens (tertiary/aromatic N) is 2. The maximum Gasteiger partial charge on any atom is 0.270 e. The minimum atomic E-state index is -0.317. The minimum Gasteiger partial charge on any atom is -0.354 e. The van der Waals surface area contributed by atoms with Crippen molar-refractivity contribution in [2.24, 2.45) is 0 Å². The van der Waals surface area contributed by atoms with E-state index < -0.39 is 0 Å². The molecule has 28 heavy (non-hydrogen) atoms. The van der Waals surface area contributed by atoms with Crippen molar-refractivity contribution in [1.82, 2.24) is 15.3 Å². The Morgan fingerprint density at radius 1 is 1.07 bits per heavy atom. The first-order chi connectivity index (χ1) is 13.5. The molecule has 3 rings (SSSR count). The predicted octanol–water partition coefficient (Wildman–Crippen LogP) is 4.16. The average Bonchev–Trinajstić information content (AvgIpc) is 2.68. The molecule has 0 aliphatic heterocycles. The monoisotopic (exact) mass is 398 g/mol. The van der Waals surface area contributed by atoms with Crippen molar-refractivity contribution in [3.63, 3.8) is 0 Å². The van der Waals surface area contributed by atoms with Gasteiger partial charge in [-0.15, -0.1) is 0 Å². The van der Waals surface area contributed by atoms with E-state index in [0.717, 1.165) is 5.56 Å². The Balaban J connectivity index is 1.61. The van der Waals surface area contributed by atoms with Gasteiger partial charge in [0, 0.05) is 23.8 Å². The molecule has 1 amide bonds. The van der Waals surface area contributed by atoms with E-state index in [1.807, 2.05) is 18.2 Å². The molecular formula is C21H20ClFN4O. The highest BCUT2D eigenvalue weighted by Crippen LogP contribution is 2.15. The van der Waals surface area contributed by atoms with Crippen molar-refractivity contribution in [1.29, 1.82) is 0 Å². The summed E-state index contributed by atoms with van der Waals surface area (Å²) in [6.07, 6.45) is 0.484. The van der Waals surface area contributed by atoms with Gasteiger partial charge < -0.3 is 10.6 Å². The lowest BCUT2D eigenvalue weighted by Gasteiger charge is -2.10. The molecule has 0 unspecified atom stereocenters. The standard InChI is InChI=1S/C21H20ClFN4O/c1-14-12-19(20(28)25-13-16-7-2-4-8-17(16)22)27-21(26-14)24-11-10-15-6-3-5-9-18(15)23/h2-9,12H,10-11,13H2,1H3,(H,25,28)(H,24,26,27). The molecule has 0 saturated heterocycles. The maximum absolute atomic E-state index is 13.7. The van der Waals surface area contributed by atoms with E-state index in [0.29, 0.717) is 41.7 Å². The van der Waals surface area contributed by atoms with Gasteiger partial charge in [0.2, 0.25) is 5.95 Å². The van der Waals surface area contributed by atoms with E-state index in [4.69, 9.17) is 11.6 Å². The lowest BCUT2D eigenvalue weighted by atomic mass is 10.1. The minimum absolute atomic E-state index is 0.242. The summed E-state index contributed by atoms with van der Waals surface area (Å²) in [6, 6.07) is 15.6. The van der Waals surface area contributed by atoms with Crippen LogP contribution < -0.4 is 10.6 Å². The van der Waals surface area contributed by atoms with Crippen LogP contribution in [-0.2, 0) is 13.0 Å². The Bertz CT molecular complexity index is 980. The van der Waals surface area contributed by atoms with Crippen molar-refractivity contribution in [2.45, 2.75) is 19.9 Å². The van der Waals surface area contributed by atoms with Crippen molar-refractivity contribution in [3.8, 4) is 0 Å². The quantitative estimate of drug-likeness (QED) is 0.627. The van der Waals surface area contributed by atoms with Gasteiger partial charge in [-0.05, 0) is 42.7 Å². The van der Waals surface area contributed by atoms with Crippen molar-refractivity contribution in [2.75, 3.05) is 11.9 Å². The third kappa shape index (κ3) is 5.27. The highest BCUT2D eigenvalue weighted by atomic mass is 35.5. The van der Waals surface area contributed by atoms with E-state index in [-0.39, 0.29) is 17.4 Å². The van der Waals surface area contributed by atoms with Gasteiger partial charge in [-0.25, -0.2) is 14.4 Å². The fourth-order valence-corrected chi connectivity index (χ4v) is 2.88. The number of aryl methyl sites for hydroxylation is 1. The van der Waals surface area contributed by atoms with Crippen LogP contribution in [0, 0.1) is 12.7 Å². The number of hydrogen-bond donors (Lipinski definition) is 2. The number of benzene rings is 2. The van der Waals surface area contributed by atoms with Crippen LogP contribution in [0.2, 0.25) is 5.02 Å². The Hall–Kier alpha value is -2.99. The summed E-state index contributed by atoms with van der Waals surface area (Å²) in [5.74, 6) is -0.226. The molecule has 5 nitrogen and oxygen atoms in total. The van der Waals surface area contributed by atoms with Crippen LogP contribution in [0.25, 0.3) is 0 Å². The molecule has 0 radical (unpaired) electrons. The molecule has 0 saturated carbocycles. The van der Waals surface area contributed by atoms with Gasteiger partial charge in [0.1, 0.15) is 11.5 Å². The van der Waals surface area contributed by atoms with E-state index >= 15 is 0 Å². The molecule has 0 aliphatic carbocycles. The zero-order valence-corrected chi connectivity index (χ0v) is 16.1. The zero-order chi connectivity index (χ0) is 19.9. The number of hydrogen-bond acceptors (Lipinski definition) is 4. The van der Waals surface area contributed by atoms with Crippen molar-refractivity contribution < 1.29 is 9.18 Å². The molecule has 2 aromatic carbocycles. The second-order valence-electron chi connectivity index (χ2n) is 6.26. The summed E-state index contributed by atoms with van der Waals surface area (Å²) in [5, 5.41) is 6.45. The number of halogens is 2. The van der Waals surface area contributed by atoms with Gasteiger partial charge in [-0.1, -0.05) is 48.0 Å². The summed E-state index contributed by atoms with van der Waals surface area (Å²) in [5.41, 5.74) is 2.35. The number of aromatic nitrogens is 2.